The number of carboxylic acids is 1. The van der Waals surface area contributed by atoms with Crippen LogP contribution in [0.1, 0.15) is 12.8 Å². The van der Waals surface area contributed by atoms with Crippen LogP contribution in [0, 0.1) is 5.92 Å². The van der Waals surface area contributed by atoms with E-state index in [1.54, 1.807) is 0 Å². The Bertz CT molecular complexity index is 554. The van der Waals surface area contributed by atoms with E-state index in [1.807, 2.05) is 0 Å². The fourth-order valence-electron chi connectivity index (χ4n) is 1.93. The molecule has 2 heterocycles. The van der Waals surface area contributed by atoms with Gasteiger partial charge in [0.1, 0.15) is 4.21 Å². The Kier molecular flexibility index (Phi) is 3.96. The summed E-state index contributed by atoms with van der Waals surface area (Å²) in [4.78, 5) is 10.9. The molecule has 0 aliphatic carbocycles. The summed E-state index contributed by atoms with van der Waals surface area (Å²) in [5.41, 5.74) is 0. The van der Waals surface area contributed by atoms with Crippen molar-refractivity contribution in [1.82, 2.24) is 4.31 Å². The van der Waals surface area contributed by atoms with E-state index >= 15 is 0 Å². The number of hydrogen-bond acceptors (Lipinski definition) is 4. The van der Waals surface area contributed by atoms with Crippen LogP contribution in [0.5, 0.6) is 0 Å². The fourth-order valence-corrected chi connectivity index (χ4v) is 5.09. The minimum atomic E-state index is -3.60. The number of nitrogens with zero attached hydrogens (tertiary/aromatic N) is 1. The Morgan fingerprint density at radius 1 is 1.50 bits per heavy atom. The van der Waals surface area contributed by atoms with Crippen LogP contribution in [0.4, 0.5) is 0 Å². The third-order valence-electron chi connectivity index (χ3n) is 2.88. The van der Waals surface area contributed by atoms with Crippen LogP contribution in [-0.4, -0.2) is 36.9 Å². The molecule has 1 aromatic rings. The van der Waals surface area contributed by atoms with E-state index in [4.69, 9.17) is 16.7 Å². The summed E-state index contributed by atoms with van der Waals surface area (Å²) >= 11 is 6.71. The monoisotopic (exact) mass is 309 g/mol. The van der Waals surface area contributed by atoms with Crippen LogP contribution >= 0.6 is 22.9 Å². The predicted octanol–water partition coefficient (Wildman–Crippen LogP) is 1.89. The lowest BCUT2D eigenvalue weighted by molar-refractivity contribution is -0.142. The lowest BCUT2D eigenvalue weighted by atomic mass is 10.0. The van der Waals surface area contributed by atoms with Crippen molar-refractivity contribution >= 4 is 38.9 Å². The number of piperidine rings is 1. The van der Waals surface area contributed by atoms with E-state index < -0.39 is 21.9 Å². The molecule has 0 saturated carbocycles. The fraction of sp³-hybridized carbons (Fsp3) is 0.500. The molecule has 0 amide bonds. The van der Waals surface area contributed by atoms with Crippen LogP contribution < -0.4 is 0 Å². The minimum Gasteiger partial charge on any atom is -0.481 e. The summed E-state index contributed by atoms with van der Waals surface area (Å²) < 4.78 is 26.3. The van der Waals surface area contributed by atoms with Gasteiger partial charge in [-0.3, -0.25) is 4.79 Å². The van der Waals surface area contributed by atoms with Gasteiger partial charge in [-0.15, -0.1) is 11.3 Å². The van der Waals surface area contributed by atoms with Crippen LogP contribution in [0.2, 0.25) is 4.34 Å². The SMILES string of the molecule is O=C(O)[C@@H]1CCCN(S(=O)(=O)c2ccc(Cl)s2)C1. The Morgan fingerprint density at radius 3 is 2.78 bits per heavy atom. The largest absolute Gasteiger partial charge is 0.481 e. The van der Waals surface area contributed by atoms with Crippen LogP contribution in [0.3, 0.4) is 0 Å². The topological polar surface area (TPSA) is 74.7 Å². The van der Waals surface area contributed by atoms with Crippen LogP contribution in [0.15, 0.2) is 16.3 Å². The van der Waals surface area contributed by atoms with Gasteiger partial charge in [-0.05, 0) is 25.0 Å². The molecule has 1 N–H and O–H groups in total. The molecular formula is C10H12ClNO4S2. The quantitative estimate of drug-likeness (QED) is 0.925. The van der Waals surface area contributed by atoms with E-state index in [9.17, 15) is 13.2 Å². The predicted molar refractivity (Wildman–Crippen MR) is 68.4 cm³/mol. The van der Waals surface area contributed by atoms with Crippen molar-refractivity contribution in [2.24, 2.45) is 5.92 Å². The smallest absolute Gasteiger partial charge is 0.307 e. The molecule has 0 aromatic carbocycles. The Hall–Kier alpha value is -0.630. The van der Waals surface area contributed by atoms with Gasteiger partial charge in [0.15, 0.2) is 0 Å². The Balaban J connectivity index is 2.22. The second-order valence-electron chi connectivity index (χ2n) is 4.10. The molecule has 100 valence electrons. The highest BCUT2D eigenvalue weighted by Gasteiger charge is 2.33. The highest BCUT2D eigenvalue weighted by Crippen LogP contribution is 2.30. The van der Waals surface area contributed by atoms with Gasteiger partial charge in [0.25, 0.3) is 10.0 Å². The van der Waals surface area contributed by atoms with E-state index in [0.717, 1.165) is 11.3 Å². The first-order valence-electron chi connectivity index (χ1n) is 5.39. The summed E-state index contributed by atoms with van der Waals surface area (Å²) in [6.07, 6.45) is 1.09. The number of carboxylic acid groups (broad SMARTS) is 1. The molecule has 0 radical (unpaired) electrons. The van der Waals surface area contributed by atoms with E-state index in [0.29, 0.717) is 23.7 Å². The molecule has 0 bridgehead atoms. The molecule has 1 atom stereocenters. The minimum absolute atomic E-state index is 0.0349. The van der Waals surface area contributed by atoms with Crippen molar-refractivity contribution in [3.8, 4) is 0 Å². The number of thiophene rings is 1. The van der Waals surface area contributed by atoms with Gasteiger partial charge >= 0.3 is 5.97 Å². The third-order valence-corrected chi connectivity index (χ3v) is 6.44. The Morgan fingerprint density at radius 2 is 2.22 bits per heavy atom. The zero-order chi connectivity index (χ0) is 13.3. The second kappa shape index (κ2) is 5.16. The number of rotatable bonds is 3. The average Bonchev–Trinajstić information content (AvgIpc) is 2.77. The standard InChI is InChI=1S/C10H12ClNO4S2/c11-8-3-4-9(17-8)18(15,16)12-5-1-2-7(6-12)10(13)14/h3-4,7H,1-2,5-6H2,(H,13,14)/t7-/m1/s1. The molecule has 0 spiro atoms. The van der Waals surface area contributed by atoms with Crippen LogP contribution in [0.25, 0.3) is 0 Å². The lowest BCUT2D eigenvalue weighted by Gasteiger charge is -2.29. The zero-order valence-corrected chi connectivity index (χ0v) is 11.8. The van der Waals surface area contributed by atoms with Gasteiger partial charge in [0.2, 0.25) is 0 Å². The van der Waals surface area contributed by atoms with Crippen molar-refractivity contribution in [3.63, 3.8) is 0 Å². The summed E-state index contributed by atoms with van der Waals surface area (Å²) in [5.74, 6) is -1.57. The molecule has 8 heteroatoms. The van der Waals surface area contributed by atoms with Crippen LogP contribution in [-0.2, 0) is 14.8 Å². The molecule has 0 unspecified atom stereocenters. The normalized spacial score (nSPS) is 21.9. The van der Waals surface area contributed by atoms with E-state index in [2.05, 4.69) is 0 Å². The van der Waals surface area contributed by atoms with Gasteiger partial charge in [-0.25, -0.2) is 8.42 Å². The zero-order valence-electron chi connectivity index (χ0n) is 9.37. The number of halogens is 1. The lowest BCUT2D eigenvalue weighted by Crippen LogP contribution is -2.41. The maximum Gasteiger partial charge on any atom is 0.307 e. The highest BCUT2D eigenvalue weighted by atomic mass is 35.5. The van der Waals surface area contributed by atoms with Crippen molar-refractivity contribution in [2.75, 3.05) is 13.1 Å². The summed E-state index contributed by atoms with van der Waals surface area (Å²) in [6.45, 7) is 0.398. The maximum atomic E-state index is 12.3. The third kappa shape index (κ3) is 2.69. The van der Waals surface area contributed by atoms with E-state index in [-0.39, 0.29) is 10.8 Å². The summed E-state index contributed by atoms with van der Waals surface area (Å²) in [5, 5.41) is 8.96. The molecule has 1 aromatic heterocycles. The first-order valence-corrected chi connectivity index (χ1v) is 8.03. The number of aliphatic carboxylic acids is 1. The van der Waals surface area contributed by atoms with Gasteiger partial charge in [-0.2, -0.15) is 4.31 Å². The molecule has 1 saturated heterocycles. The van der Waals surface area contributed by atoms with Crippen molar-refractivity contribution in [2.45, 2.75) is 17.1 Å². The number of hydrogen-bond donors (Lipinski definition) is 1. The van der Waals surface area contributed by atoms with Crippen molar-refractivity contribution in [1.29, 1.82) is 0 Å². The molecule has 18 heavy (non-hydrogen) atoms. The average molecular weight is 310 g/mol. The van der Waals surface area contributed by atoms with Gasteiger partial charge < -0.3 is 5.11 Å². The first kappa shape index (κ1) is 13.8. The van der Waals surface area contributed by atoms with Gasteiger partial charge in [0.05, 0.1) is 10.3 Å². The number of carbonyl (C=O) groups is 1. The van der Waals surface area contributed by atoms with E-state index in [1.165, 1.54) is 16.4 Å². The molecule has 1 aliphatic heterocycles. The van der Waals surface area contributed by atoms with Gasteiger partial charge in [0, 0.05) is 13.1 Å². The number of sulfonamides is 1. The van der Waals surface area contributed by atoms with Crippen molar-refractivity contribution < 1.29 is 18.3 Å². The molecule has 1 fully saturated rings. The van der Waals surface area contributed by atoms with Gasteiger partial charge in [-0.1, -0.05) is 11.6 Å². The molecular weight excluding hydrogens is 298 g/mol. The summed E-state index contributed by atoms with van der Waals surface area (Å²) in [6, 6.07) is 2.98. The molecule has 1 aliphatic rings. The maximum absolute atomic E-state index is 12.3. The summed E-state index contributed by atoms with van der Waals surface area (Å²) in [7, 11) is -3.60. The Labute approximate surface area is 114 Å². The first-order chi connectivity index (χ1) is 8.41. The second-order valence-corrected chi connectivity index (χ2v) is 7.98. The van der Waals surface area contributed by atoms with Crippen molar-refractivity contribution in [3.05, 3.63) is 16.5 Å². The highest BCUT2D eigenvalue weighted by molar-refractivity contribution is 7.91. The molecule has 2 rings (SSSR count). The molecule has 5 nitrogen and oxygen atoms in total.